The summed E-state index contributed by atoms with van der Waals surface area (Å²) in [7, 11) is -3.75. The van der Waals surface area contributed by atoms with Gasteiger partial charge in [-0.3, -0.25) is 5.10 Å². The van der Waals surface area contributed by atoms with Gasteiger partial charge in [0, 0.05) is 13.0 Å². The number of rotatable bonds is 5. The molecule has 0 aliphatic rings. The number of nitrogens with one attached hydrogen (secondary N) is 2. The maximum atomic E-state index is 12.1. The maximum absolute atomic E-state index is 12.1. The van der Waals surface area contributed by atoms with E-state index in [1.165, 1.54) is 18.5 Å². The number of H-pyrrole nitrogens is 1. The highest BCUT2D eigenvalue weighted by Crippen LogP contribution is 2.28. The van der Waals surface area contributed by atoms with Crippen LogP contribution in [0, 0.1) is 0 Å². The summed E-state index contributed by atoms with van der Waals surface area (Å²) in [4.78, 5) is 3.78. The van der Waals surface area contributed by atoms with Crippen LogP contribution in [0.4, 0.5) is 0 Å². The Bertz CT molecular complexity index is 638. The third-order valence-electron chi connectivity index (χ3n) is 2.31. The van der Waals surface area contributed by atoms with Crippen LogP contribution >= 0.6 is 23.2 Å². The molecule has 0 saturated carbocycles. The molecule has 2 rings (SSSR count). The van der Waals surface area contributed by atoms with Crippen molar-refractivity contribution >= 4 is 33.2 Å². The first-order chi connectivity index (χ1) is 9.00. The molecular formula is C10H10Cl2N4O2S. The normalized spacial score (nSPS) is 11.7. The zero-order valence-electron chi connectivity index (χ0n) is 9.60. The van der Waals surface area contributed by atoms with Crippen LogP contribution < -0.4 is 4.72 Å². The summed E-state index contributed by atoms with van der Waals surface area (Å²) in [5.74, 6) is 0.591. The third kappa shape index (κ3) is 3.44. The fraction of sp³-hybridized carbons (Fsp3) is 0.200. The Morgan fingerprint density at radius 3 is 2.53 bits per heavy atom. The van der Waals surface area contributed by atoms with Gasteiger partial charge in [0.15, 0.2) is 0 Å². The number of hydrogen-bond donors (Lipinski definition) is 2. The first-order valence-corrected chi connectivity index (χ1v) is 7.52. The molecule has 2 aromatic rings. The van der Waals surface area contributed by atoms with E-state index in [4.69, 9.17) is 23.2 Å². The monoisotopic (exact) mass is 320 g/mol. The summed E-state index contributed by atoms with van der Waals surface area (Å²) in [6.45, 7) is 0.166. The fourth-order valence-corrected chi connectivity index (χ4v) is 3.64. The summed E-state index contributed by atoms with van der Waals surface area (Å²) in [6.07, 6.45) is 1.75. The van der Waals surface area contributed by atoms with E-state index in [9.17, 15) is 8.42 Å². The second-order valence-corrected chi connectivity index (χ2v) is 6.15. The number of benzene rings is 1. The fourth-order valence-electron chi connectivity index (χ4n) is 1.47. The van der Waals surface area contributed by atoms with Gasteiger partial charge in [-0.2, -0.15) is 5.10 Å². The van der Waals surface area contributed by atoms with Crippen molar-refractivity contribution in [3.8, 4) is 0 Å². The average molecular weight is 321 g/mol. The Morgan fingerprint density at radius 1 is 1.26 bits per heavy atom. The van der Waals surface area contributed by atoms with Crippen LogP contribution in [0.1, 0.15) is 5.82 Å². The lowest BCUT2D eigenvalue weighted by Gasteiger charge is -2.09. The lowest BCUT2D eigenvalue weighted by atomic mass is 10.4. The van der Waals surface area contributed by atoms with Gasteiger partial charge in [-0.1, -0.05) is 29.3 Å². The van der Waals surface area contributed by atoms with Gasteiger partial charge in [0.05, 0.1) is 10.0 Å². The molecule has 6 nitrogen and oxygen atoms in total. The van der Waals surface area contributed by atoms with E-state index in [1.807, 2.05) is 0 Å². The molecule has 1 heterocycles. The van der Waals surface area contributed by atoms with Gasteiger partial charge in [0.25, 0.3) is 0 Å². The third-order valence-corrected chi connectivity index (χ3v) is 4.72. The first kappa shape index (κ1) is 14.3. The Morgan fingerprint density at radius 2 is 1.95 bits per heavy atom. The smallest absolute Gasteiger partial charge is 0.243 e. The van der Waals surface area contributed by atoms with Crippen molar-refractivity contribution in [1.29, 1.82) is 0 Å². The molecule has 102 valence electrons. The lowest BCUT2D eigenvalue weighted by molar-refractivity contribution is 0.581. The van der Waals surface area contributed by atoms with Crippen LogP contribution in [0.3, 0.4) is 0 Å². The average Bonchev–Trinajstić information content (AvgIpc) is 2.81. The number of nitrogens with zero attached hydrogens (tertiary/aromatic N) is 2. The summed E-state index contributed by atoms with van der Waals surface area (Å²) < 4.78 is 26.6. The van der Waals surface area contributed by atoms with Crippen molar-refractivity contribution in [2.24, 2.45) is 0 Å². The minimum atomic E-state index is -3.75. The Balaban J connectivity index is 2.10. The standard InChI is InChI=1S/C10H10Cl2N4O2S/c11-7-2-1-3-8(12)10(7)19(17,18)15-5-4-9-13-6-14-16-9/h1-3,6,15H,4-5H2,(H,13,14,16). The number of aromatic nitrogens is 3. The molecule has 1 aromatic heterocycles. The summed E-state index contributed by atoms with van der Waals surface area (Å²) in [6, 6.07) is 4.52. The van der Waals surface area contributed by atoms with E-state index < -0.39 is 10.0 Å². The van der Waals surface area contributed by atoms with Crippen LogP contribution in [0.5, 0.6) is 0 Å². The second kappa shape index (κ2) is 5.87. The van der Waals surface area contributed by atoms with Crippen LogP contribution in [0.15, 0.2) is 29.4 Å². The molecule has 0 spiro atoms. The Kier molecular flexibility index (Phi) is 4.41. The number of halogens is 2. The molecule has 19 heavy (non-hydrogen) atoms. The van der Waals surface area contributed by atoms with Crippen molar-refractivity contribution in [3.05, 3.63) is 40.4 Å². The molecule has 1 aromatic carbocycles. The number of sulfonamides is 1. The van der Waals surface area contributed by atoms with Crippen molar-refractivity contribution in [3.63, 3.8) is 0 Å². The molecule has 0 radical (unpaired) electrons. The number of aromatic amines is 1. The summed E-state index contributed by atoms with van der Waals surface area (Å²) in [5, 5.41) is 6.47. The van der Waals surface area contributed by atoms with Crippen LogP contribution in [0.2, 0.25) is 10.0 Å². The highest BCUT2D eigenvalue weighted by molar-refractivity contribution is 7.89. The van der Waals surface area contributed by atoms with E-state index in [-0.39, 0.29) is 21.5 Å². The van der Waals surface area contributed by atoms with Crippen LogP contribution in [-0.2, 0) is 16.4 Å². The van der Waals surface area contributed by atoms with Crippen molar-refractivity contribution in [2.75, 3.05) is 6.54 Å². The topological polar surface area (TPSA) is 87.7 Å². The molecule has 0 aliphatic carbocycles. The lowest BCUT2D eigenvalue weighted by Crippen LogP contribution is -2.26. The molecule has 0 amide bonds. The summed E-state index contributed by atoms with van der Waals surface area (Å²) in [5.41, 5.74) is 0. The predicted molar refractivity (Wildman–Crippen MR) is 71.7 cm³/mol. The van der Waals surface area contributed by atoms with Crippen molar-refractivity contribution in [1.82, 2.24) is 19.9 Å². The predicted octanol–water partition coefficient (Wildman–Crippen LogP) is 1.63. The first-order valence-electron chi connectivity index (χ1n) is 5.28. The SMILES string of the molecule is O=S(=O)(NCCc1ncn[nH]1)c1c(Cl)cccc1Cl. The van der Waals surface area contributed by atoms with Crippen LogP contribution in [0.25, 0.3) is 0 Å². The van der Waals surface area contributed by atoms with Gasteiger partial charge < -0.3 is 0 Å². The molecule has 9 heteroatoms. The van der Waals surface area contributed by atoms with Gasteiger partial charge >= 0.3 is 0 Å². The zero-order valence-corrected chi connectivity index (χ0v) is 11.9. The largest absolute Gasteiger partial charge is 0.263 e. The molecular weight excluding hydrogens is 311 g/mol. The van der Waals surface area contributed by atoms with Gasteiger partial charge in [-0.25, -0.2) is 18.1 Å². The quantitative estimate of drug-likeness (QED) is 0.876. The van der Waals surface area contributed by atoms with Crippen molar-refractivity contribution < 1.29 is 8.42 Å². The molecule has 0 fully saturated rings. The van der Waals surface area contributed by atoms with Gasteiger partial charge in [-0.15, -0.1) is 0 Å². The highest BCUT2D eigenvalue weighted by Gasteiger charge is 2.20. The van der Waals surface area contributed by atoms with Crippen molar-refractivity contribution in [2.45, 2.75) is 11.3 Å². The van der Waals surface area contributed by atoms with Gasteiger partial charge in [-0.05, 0) is 12.1 Å². The van der Waals surface area contributed by atoms with E-state index in [1.54, 1.807) is 6.07 Å². The Labute approximate surface area is 120 Å². The summed E-state index contributed by atoms with van der Waals surface area (Å²) >= 11 is 11.7. The molecule has 0 aliphatic heterocycles. The number of hydrogen-bond acceptors (Lipinski definition) is 4. The van der Waals surface area contributed by atoms with Gasteiger partial charge in [0.2, 0.25) is 10.0 Å². The highest BCUT2D eigenvalue weighted by atomic mass is 35.5. The minimum Gasteiger partial charge on any atom is -0.263 e. The minimum absolute atomic E-state index is 0.0830. The van der Waals surface area contributed by atoms with Crippen LogP contribution in [-0.4, -0.2) is 30.1 Å². The maximum Gasteiger partial charge on any atom is 0.243 e. The van der Waals surface area contributed by atoms with Gasteiger partial charge in [0.1, 0.15) is 17.0 Å². The van der Waals surface area contributed by atoms with E-state index in [2.05, 4.69) is 19.9 Å². The zero-order chi connectivity index (χ0) is 13.9. The molecule has 0 bridgehead atoms. The molecule has 0 saturated heterocycles. The van der Waals surface area contributed by atoms with E-state index >= 15 is 0 Å². The Hall–Kier alpha value is -1.15. The van der Waals surface area contributed by atoms with E-state index in [0.29, 0.717) is 12.2 Å². The molecule has 0 atom stereocenters. The molecule has 0 unspecified atom stereocenters. The second-order valence-electron chi connectivity index (χ2n) is 3.63. The van der Waals surface area contributed by atoms with E-state index in [0.717, 1.165) is 0 Å². The molecule has 2 N–H and O–H groups in total.